The first-order valence-electron chi connectivity index (χ1n) is 6.59. The molecule has 7 heteroatoms. The molecule has 6 nitrogen and oxygen atoms in total. The number of rotatable bonds is 5. The molecule has 2 aromatic rings. The van der Waals surface area contributed by atoms with Gasteiger partial charge in [-0.2, -0.15) is 0 Å². The van der Waals surface area contributed by atoms with E-state index in [2.05, 4.69) is 20.6 Å². The van der Waals surface area contributed by atoms with Gasteiger partial charge in [-0.3, -0.25) is 4.98 Å². The first-order valence-corrected chi connectivity index (χ1v) is 7.40. The van der Waals surface area contributed by atoms with E-state index < -0.39 is 6.10 Å². The minimum absolute atomic E-state index is 0.144. The van der Waals surface area contributed by atoms with E-state index >= 15 is 0 Å². The molecular formula is C14H18N4O2S. The molecule has 0 saturated heterocycles. The van der Waals surface area contributed by atoms with Gasteiger partial charge in [-0.05, 0) is 31.5 Å². The van der Waals surface area contributed by atoms with Crippen molar-refractivity contribution in [1.82, 2.24) is 20.6 Å². The highest BCUT2D eigenvalue weighted by molar-refractivity contribution is 7.11. The summed E-state index contributed by atoms with van der Waals surface area (Å²) in [4.78, 5) is 21.0. The first-order chi connectivity index (χ1) is 10.1. The Balaban J connectivity index is 1.76. The van der Waals surface area contributed by atoms with E-state index in [1.54, 1.807) is 35.9 Å². The highest BCUT2D eigenvalue weighted by atomic mass is 32.1. The zero-order valence-electron chi connectivity index (χ0n) is 12.0. The third-order valence-corrected chi connectivity index (χ3v) is 3.89. The number of carbonyl (C=O) groups is 1. The smallest absolute Gasteiger partial charge is 0.315 e. The van der Waals surface area contributed by atoms with E-state index in [0.29, 0.717) is 6.54 Å². The molecule has 2 amide bonds. The van der Waals surface area contributed by atoms with Gasteiger partial charge in [0, 0.05) is 23.8 Å². The number of carbonyl (C=O) groups excluding carboxylic acids is 1. The zero-order chi connectivity index (χ0) is 15.2. The summed E-state index contributed by atoms with van der Waals surface area (Å²) in [6.45, 7) is 4.44. The maximum absolute atomic E-state index is 11.7. The maximum atomic E-state index is 11.7. The summed E-state index contributed by atoms with van der Waals surface area (Å²) >= 11 is 1.61. The van der Waals surface area contributed by atoms with Crippen molar-refractivity contribution in [2.45, 2.75) is 26.5 Å². The molecule has 0 spiro atoms. The Morgan fingerprint density at radius 1 is 1.33 bits per heavy atom. The van der Waals surface area contributed by atoms with E-state index in [-0.39, 0.29) is 12.6 Å². The fraction of sp³-hybridized carbons (Fsp3) is 0.357. The van der Waals surface area contributed by atoms with Gasteiger partial charge in [0.15, 0.2) is 0 Å². The summed E-state index contributed by atoms with van der Waals surface area (Å²) in [5.74, 6) is 0. The van der Waals surface area contributed by atoms with E-state index in [0.717, 1.165) is 21.1 Å². The monoisotopic (exact) mass is 306 g/mol. The van der Waals surface area contributed by atoms with Crippen LogP contribution in [0.25, 0.3) is 0 Å². The molecule has 2 aromatic heterocycles. The van der Waals surface area contributed by atoms with E-state index in [1.807, 2.05) is 13.8 Å². The van der Waals surface area contributed by atoms with Crippen molar-refractivity contribution in [2.75, 3.05) is 6.54 Å². The largest absolute Gasteiger partial charge is 0.387 e. The number of aliphatic hydroxyl groups excluding tert-OH is 1. The Morgan fingerprint density at radius 2 is 2.05 bits per heavy atom. The number of pyridine rings is 1. The van der Waals surface area contributed by atoms with Crippen LogP contribution in [-0.4, -0.2) is 27.7 Å². The quantitative estimate of drug-likeness (QED) is 0.784. The lowest BCUT2D eigenvalue weighted by molar-refractivity contribution is 0.173. The molecule has 3 N–H and O–H groups in total. The highest BCUT2D eigenvalue weighted by Gasteiger charge is 2.10. The summed E-state index contributed by atoms with van der Waals surface area (Å²) < 4.78 is 0. The number of hydrogen-bond acceptors (Lipinski definition) is 5. The van der Waals surface area contributed by atoms with Crippen molar-refractivity contribution in [3.05, 3.63) is 45.7 Å². The van der Waals surface area contributed by atoms with Gasteiger partial charge in [0.25, 0.3) is 0 Å². The molecule has 0 aliphatic rings. The Labute approximate surface area is 127 Å². The van der Waals surface area contributed by atoms with Crippen LogP contribution in [-0.2, 0) is 6.54 Å². The second-order valence-electron chi connectivity index (χ2n) is 4.60. The third kappa shape index (κ3) is 4.51. The number of aliphatic hydroxyl groups is 1. The molecule has 2 heterocycles. The molecule has 2 rings (SSSR count). The van der Waals surface area contributed by atoms with Crippen LogP contribution in [0.5, 0.6) is 0 Å². The minimum Gasteiger partial charge on any atom is -0.387 e. The Morgan fingerprint density at radius 3 is 2.67 bits per heavy atom. The molecule has 0 bridgehead atoms. The minimum atomic E-state index is -0.748. The van der Waals surface area contributed by atoms with E-state index in [4.69, 9.17) is 0 Å². The van der Waals surface area contributed by atoms with Crippen LogP contribution in [0.2, 0.25) is 0 Å². The van der Waals surface area contributed by atoms with E-state index in [9.17, 15) is 9.90 Å². The van der Waals surface area contributed by atoms with Crippen LogP contribution in [0.3, 0.4) is 0 Å². The lowest BCUT2D eigenvalue weighted by Gasteiger charge is -2.12. The number of hydrogen-bond donors (Lipinski definition) is 3. The molecule has 0 fully saturated rings. The van der Waals surface area contributed by atoms with Crippen LogP contribution in [0.15, 0.2) is 24.5 Å². The average molecular weight is 306 g/mol. The number of urea groups is 1. The molecule has 1 atom stereocenters. The Hall–Kier alpha value is -1.99. The maximum Gasteiger partial charge on any atom is 0.315 e. The highest BCUT2D eigenvalue weighted by Crippen LogP contribution is 2.15. The van der Waals surface area contributed by atoms with Crippen LogP contribution >= 0.6 is 11.3 Å². The standard InChI is InChI=1S/C14H18N4O2S/c1-9-12(18-10(2)21-9)7-16-14(20)17-8-13(19)11-3-5-15-6-4-11/h3-6,13,19H,7-8H2,1-2H3,(H2,16,17,20). The number of nitrogens with zero attached hydrogens (tertiary/aromatic N) is 2. The van der Waals surface area contributed by atoms with Gasteiger partial charge in [-0.1, -0.05) is 0 Å². The molecular weight excluding hydrogens is 288 g/mol. The first kappa shape index (κ1) is 15.4. The second-order valence-corrected chi connectivity index (χ2v) is 6.00. The van der Waals surface area contributed by atoms with Crippen LogP contribution < -0.4 is 10.6 Å². The number of nitrogens with one attached hydrogen (secondary N) is 2. The normalized spacial score (nSPS) is 12.0. The second kappa shape index (κ2) is 7.14. The van der Waals surface area contributed by atoms with Gasteiger partial charge in [0.05, 0.1) is 23.4 Å². The van der Waals surface area contributed by atoms with Gasteiger partial charge >= 0.3 is 6.03 Å². The lowest BCUT2D eigenvalue weighted by atomic mass is 10.1. The molecule has 112 valence electrons. The average Bonchev–Trinajstić information content (AvgIpc) is 2.81. The van der Waals surface area contributed by atoms with Crippen molar-refractivity contribution in [2.24, 2.45) is 0 Å². The Kier molecular flexibility index (Phi) is 5.24. The molecule has 21 heavy (non-hydrogen) atoms. The number of aryl methyl sites for hydroxylation is 2. The van der Waals surface area contributed by atoms with Crippen molar-refractivity contribution in [1.29, 1.82) is 0 Å². The van der Waals surface area contributed by atoms with E-state index in [1.165, 1.54) is 0 Å². The van der Waals surface area contributed by atoms with Gasteiger partial charge in [0.2, 0.25) is 0 Å². The molecule has 1 unspecified atom stereocenters. The lowest BCUT2D eigenvalue weighted by Crippen LogP contribution is -2.37. The fourth-order valence-electron chi connectivity index (χ4n) is 1.86. The van der Waals surface area contributed by atoms with Gasteiger partial charge in [0.1, 0.15) is 0 Å². The molecule has 0 radical (unpaired) electrons. The van der Waals surface area contributed by atoms with Crippen LogP contribution in [0.1, 0.15) is 27.2 Å². The number of aromatic nitrogens is 2. The summed E-state index contributed by atoms with van der Waals surface area (Å²) in [6.07, 6.45) is 2.46. The van der Waals surface area contributed by atoms with Crippen LogP contribution in [0, 0.1) is 13.8 Å². The topological polar surface area (TPSA) is 87.1 Å². The predicted octanol–water partition coefficient (Wildman–Crippen LogP) is 1.69. The molecule has 0 aliphatic heterocycles. The van der Waals surface area contributed by atoms with Crippen molar-refractivity contribution >= 4 is 17.4 Å². The Bertz CT molecular complexity index is 600. The summed E-state index contributed by atoms with van der Waals surface area (Å²) in [5, 5.41) is 16.3. The van der Waals surface area contributed by atoms with Crippen molar-refractivity contribution in [3.8, 4) is 0 Å². The number of amides is 2. The van der Waals surface area contributed by atoms with Crippen molar-refractivity contribution in [3.63, 3.8) is 0 Å². The summed E-state index contributed by atoms with van der Waals surface area (Å²) in [6, 6.07) is 3.10. The SMILES string of the molecule is Cc1nc(CNC(=O)NCC(O)c2ccncc2)c(C)s1. The fourth-order valence-corrected chi connectivity index (χ4v) is 2.69. The van der Waals surface area contributed by atoms with Gasteiger partial charge in [-0.25, -0.2) is 9.78 Å². The zero-order valence-corrected chi connectivity index (χ0v) is 12.8. The van der Waals surface area contributed by atoms with Gasteiger partial charge < -0.3 is 15.7 Å². The molecule has 0 aromatic carbocycles. The van der Waals surface area contributed by atoms with Crippen molar-refractivity contribution < 1.29 is 9.90 Å². The van der Waals surface area contributed by atoms with Crippen LogP contribution in [0.4, 0.5) is 4.79 Å². The summed E-state index contributed by atoms with van der Waals surface area (Å²) in [7, 11) is 0. The third-order valence-electron chi connectivity index (χ3n) is 2.96. The molecule has 0 saturated carbocycles. The number of thiazole rings is 1. The summed E-state index contributed by atoms with van der Waals surface area (Å²) in [5.41, 5.74) is 1.60. The van der Waals surface area contributed by atoms with Gasteiger partial charge in [-0.15, -0.1) is 11.3 Å². The predicted molar refractivity (Wildman–Crippen MR) is 81.0 cm³/mol. The molecule has 0 aliphatic carbocycles.